The number of ether oxygens (including phenoxy) is 10. The lowest BCUT2D eigenvalue weighted by atomic mass is 10.2. The van der Waals surface area contributed by atoms with Crippen LogP contribution < -0.4 is 5.32 Å². The van der Waals surface area contributed by atoms with Crippen molar-refractivity contribution in [1.82, 2.24) is 5.32 Å². The van der Waals surface area contributed by atoms with Crippen LogP contribution in [0.1, 0.15) is 46.5 Å². The van der Waals surface area contributed by atoms with Gasteiger partial charge < -0.3 is 57.8 Å². The molecule has 0 fully saturated rings. The van der Waals surface area contributed by atoms with Gasteiger partial charge in [0.05, 0.1) is 125 Å². The number of carbonyl (C=O) groups excluding carboxylic acids is 2. The summed E-state index contributed by atoms with van der Waals surface area (Å²) in [5, 5.41) is 11.2. The smallest absolute Gasteiger partial charge is 0.308 e. The van der Waals surface area contributed by atoms with E-state index in [0.717, 1.165) is 0 Å². The number of hydrogen-bond acceptors (Lipinski definition) is 13. The van der Waals surface area contributed by atoms with E-state index in [2.05, 4.69) is 5.32 Å². The first-order valence-corrected chi connectivity index (χ1v) is 15.6. The Balaban J connectivity index is 3.14. The van der Waals surface area contributed by atoms with Gasteiger partial charge in [-0.3, -0.25) is 14.4 Å². The fourth-order valence-corrected chi connectivity index (χ4v) is 3.12. The lowest BCUT2D eigenvalue weighted by Crippen LogP contribution is -2.25. The minimum absolute atomic E-state index is 0.0125. The minimum Gasteiger partial charge on any atom is -0.481 e. The number of aliphatic carboxylic acids is 1. The van der Waals surface area contributed by atoms with E-state index in [1.165, 1.54) is 0 Å². The lowest BCUT2D eigenvalue weighted by molar-refractivity contribution is -0.156. The highest BCUT2D eigenvalue weighted by Crippen LogP contribution is 2.08. The van der Waals surface area contributed by atoms with Gasteiger partial charge in [-0.1, -0.05) is 0 Å². The molecule has 0 bridgehead atoms. The van der Waals surface area contributed by atoms with Gasteiger partial charge in [-0.25, -0.2) is 0 Å². The van der Waals surface area contributed by atoms with Gasteiger partial charge in [-0.15, -0.1) is 0 Å². The predicted octanol–water partition coefficient (Wildman–Crippen LogP) is 1.24. The molecule has 0 aromatic carbocycles. The zero-order chi connectivity index (χ0) is 33.3. The van der Waals surface area contributed by atoms with Crippen molar-refractivity contribution in [3.05, 3.63) is 0 Å². The molecule has 0 heterocycles. The van der Waals surface area contributed by atoms with E-state index in [9.17, 15) is 14.4 Å². The summed E-state index contributed by atoms with van der Waals surface area (Å²) < 4.78 is 54.0. The molecule has 0 aromatic heterocycles. The highest BCUT2D eigenvalue weighted by atomic mass is 16.6. The number of carbonyl (C=O) groups is 3. The molecule has 266 valence electrons. The molecule has 1 amide bonds. The molecule has 0 spiro atoms. The Hall–Kier alpha value is -1.95. The Morgan fingerprint density at radius 1 is 0.489 bits per heavy atom. The Labute approximate surface area is 267 Å². The van der Waals surface area contributed by atoms with E-state index in [4.69, 9.17) is 52.5 Å². The first kappa shape index (κ1) is 43.0. The van der Waals surface area contributed by atoms with Crippen molar-refractivity contribution in [2.24, 2.45) is 0 Å². The number of carboxylic acids is 1. The largest absolute Gasteiger partial charge is 0.481 e. The number of rotatable bonds is 34. The Morgan fingerprint density at radius 2 is 0.822 bits per heavy atom. The first-order valence-electron chi connectivity index (χ1n) is 15.6. The molecule has 2 N–H and O–H groups in total. The van der Waals surface area contributed by atoms with Gasteiger partial charge >= 0.3 is 11.9 Å². The van der Waals surface area contributed by atoms with Crippen molar-refractivity contribution < 1.29 is 66.9 Å². The molecule has 15 heteroatoms. The van der Waals surface area contributed by atoms with E-state index in [0.29, 0.717) is 132 Å². The third kappa shape index (κ3) is 38.1. The zero-order valence-electron chi connectivity index (χ0n) is 27.5. The summed E-state index contributed by atoms with van der Waals surface area (Å²) in [5.41, 5.74) is -0.480. The van der Waals surface area contributed by atoms with Gasteiger partial charge in [-0.05, 0) is 27.2 Å². The maximum absolute atomic E-state index is 11.5. The summed E-state index contributed by atoms with van der Waals surface area (Å²) in [4.78, 5) is 33.3. The van der Waals surface area contributed by atoms with Crippen LogP contribution in [-0.4, -0.2) is 154 Å². The third-order valence-corrected chi connectivity index (χ3v) is 5.20. The highest BCUT2D eigenvalue weighted by molar-refractivity contribution is 5.80. The maximum atomic E-state index is 11.5. The maximum Gasteiger partial charge on any atom is 0.308 e. The van der Waals surface area contributed by atoms with Crippen molar-refractivity contribution in [3.63, 3.8) is 0 Å². The van der Waals surface area contributed by atoms with Crippen molar-refractivity contribution in [3.8, 4) is 0 Å². The van der Waals surface area contributed by atoms with Gasteiger partial charge in [-0.2, -0.15) is 0 Å². The van der Waals surface area contributed by atoms with Crippen LogP contribution in [0.2, 0.25) is 0 Å². The topological polar surface area (TPSA) is 176 Å². The molecule has 0 radical (unpaired) electrons. The van der Waals surface area contributed by atoms with Gasteiger partial charge in [0.15, 0.2) is 0 Å². The van der Waals surface area contributed by atoms with E-state index in [1.54, 1.807) is 0 Å². The van der Waals surface area contributed by atoms with E-state index < -0.39 is 11.6 Å². The van der Waals surface area contributed by atoms with Crippen LogP contribution in [0, 0.1) is 0 Å². The van der Waals surface area contributed by atoms with E-state index >= 15 is 0 Å². The molecular formula is C30H57NO14. The second kappa shape index (κ2) is 32.0. The summed E-state index contributed by atoms with van der Waals surface area (Å²) >= 11 is 0. The first-order chi connectivity index (χ1) is 21.7. The van der Waals surface area contributed by atoms with Crippen LogP contribution in [0.5, 0.6) is 0 Å². The van der Waals surface area contributed by atoms with Crippen LogP contribution >= 0.6 is 0 Å². The summed E-state index contributed by atoms with van der Waals surface area (Å²) in [5.74, 6) is -1.53. The normalized spacial score (nSPS) is 11.5. The van der Waals surface area contributed by atoms with E-state index in [1.807, 2.05) is 20.8 Å². The SMILES string of the molecule is CC(C)(C)OC(=O)CCOCCOCCOCCOCCOCCOCCOCCOCCOCCCNC(=O)CCC(=O)O. The van der Waals surface area contributed by atoms with Gasteiger partial charge in [0.1, 0.15) is 5.60 Å². The molecule has 0 atom stereocenters. The second-order valence-corrected chi connectivity index (χ2v) is 10.4. The molecule has 45 heavy (non-hydrogen) atoms. The molecular weight excluding hydrogens is 598 g/mol. The fraction of sp³-hybridized carbons (Fsp3) is 0.900. The van der Waals surface area contributed by atoms with Crippen molar-refractivity contribution >= 4 is 17.8 Å². The quantitative estimate of drug-likeness (QED) is 0.0748. The molecule has 0 aromatic rings. The molecule has 15 nitrogen and oxygen atoms in total. The molecule has 0 rings (SSSR count). The van der Waals surface area contributed by atoms with Crippen molar-refractivity contribution in [2.75, 3.05) is 125 Å². The average Bonchev–Trinajstić information content (AvgIpc) is 2.98. The van der Waals surface area contributed by atoms with E-state index in [-0.39, 0.29) is 31.1 Å². The fourth-order valence-electron chi connectivity index (χ4n) is 3.12. The molecule has 0 unspecified atom stereocenters. The number of esters is 1. The molecule has 0 aliphatic heterocycles. The Bertz CT molecular complexity index is 705. The molecule has 0 saturated carbocycles. The van der Waals surface area contributed by atoms with Crippen LogP contribution in [0.3, 0.4) is 0 Å². The standard InChI is InChI=1S/C30H57NO14/c1-30(2,3)45-29(35)7-10-37-12-14-39-16-18-41-20-22-43-24-26-44-25-23-42-21-19-40-17-15-38-13-11-36-9-4-8-31-27(32)5-6-28(33)34/h4-26H2,1-3H3,(H,31,32)(H,33,34). The third-order valence-electron chi connectivity index (χ3n) is 5.20. The van der Waals surface area contributed by atoms with Crippen LogP contribution in [0.25, 0.3) is 0 Å². The summed E-state index contributed by atoms with van der Waals surface area (Å²) in [7, 11) is 0. The van der Waals surface area contributed by atoms with Gasteiger partial charge in [0, 0.05) is 19.6 Å². The molecule has 0 saturated heterocycles. The van der Waals surface area contributed by atoms with Crippen molar-refractivity contribution in [1.29, 1.82) is 0 Å². The van der Waals surface area contributed by atoms with Crippen LogP contribution in [-0.2, 0) is 61.8 Å². The monoisotopic (exact) mass is 655 g/mol. The summed E-state index contributed by atoms with van der Waals surface area (Å²) in [6, 6.07) is 0. The summed E-state index contributed by atoms with van der Waals surface area (Å²) in [6.07, 6.45) is 0.694. The number of nitrogens with one attached hydrogen (secondary N) is 1. The number of hydrogen-bond donors (Lipinski definition) is 2. The van der Waals surface area contributed by atoms with Gasteiger partial charge in [0.25, 0.3) is 0 Å². The zero-order valence-corrected chi connectivity index (χ0v) is 27.5. The number of amides is 1. The average molecular weight is 656 g/mol. The number of carboxylic acid groups (broad SMARTS) is 1. The van der Waals surface area contributed by atoms with Crippen LogP contribution in [0.15, 0.2) is 0 Å². The summed E-state index contributed by atoms with van der Waals surface area (Å²) in [6.45, 7) is 14.1. The van der Waals surface area contributed by atoms with Crippen molar-refractivity contribution in [2.45, 2.75) is 52.1 Å². The molecule has 0 aliphatic carbocycles. The van der Waals surface area contributed by atoms with Gasteiger partial charge in [0.2, 0.25) is 5.91 Å². The van der Waals surface area contributed by atoms with Crippen LogP contribution in [0.4, 0.5) is 0 Å². The minimum atomic E-state index is -0.985. The highest BCUT2D eigenvalue weighted by Gasteiger charge is 2.15. The second-order valence-electron chi connectivity index (χ2n) is 10.4. The Morgan fingerprint density at radius 3 is 1.16 bits per heavy atom. The predicted molar refractivity (Wildman–Crippen MR) is 162 cm³/mol. The Kier molecular flexibility index (Phi) is 30.6. The molecule has 0 aliphatic rings. The lowest BCUT2D eigenvalue weighted by Gasteiger charge is -2.19.